The second kappa shape index (κ2) is 11.9. The predicted molar refractivity (Wildman–Crippen MR) is 135 cm³/mol. The molecule has 1 aliphatic rings. The van der Waals surface area contributed by atoms with Crippen LogP contribution in [0.4, 0.5) is 5.82 Å². The maximum absolute atomic E-state index is 12.2. The van der Waals surface area contributed by atoms with Gasteiger partial charge in [0.2, 0.25) is 5.91 Å². The zero-order chi connectivity index (χ0) is 20.6. The van der Waals surface area contributed by atoms with E-state index in [-0.39, 0.29) is 41.8 Å². The molecule has 0 spiro atoms. The first-order valence-electron chi connectivity index (χ1n) is 10.5. The molecule has 30 heavy (non-hydrogen) atoms. The number of para-hydroxylation sites is 1. The van der Waals surface area contributed by atoms with Gasteiger partial charge in [0.25, 0.3) is 0 Å². The van der Waals surface area contributed by atoms with Crippen LogP contribution in [0.3, 0.4) is 0 Å². The van der Waals surface area contributed by atoms with Gasteiger partial charge in [-0.2, -0.15) is 0 Å². The molecule has 7 nitrogen and oxygen atoms in total. The number of carbonyl (C=O) groups is 1. The number of hydrogen-bond acceptors (Lipinski definition) is 4. The number of nitrogens with zero attached hydrogens (tertiary/aromatic N) is 3. The molecule has 8 heteroatoms. The summed E-state index contributed by atoms with van der Waals surface area (Å²) < 4.78 is 0. The van der Waals surface area contributed by atoms with Crippen LogP contribution in [0.2, 0.25) is 0 Å². The van der Waals surface area contributed by atoms with E-state index in [0.717, 1.165) is 48.7 Å². The van der Waals surface area contributed by atoms with E-state index in [4.69, 9.17) is 0 Å². The Morgan fingerprint density at radius 3 is 2.83 bits per heavy atom. The highest BCUT2D eigenvalue weighted by Crippen LogP contribution is 2.14. The van der Waals surface area contributed by atoms with E-state index in [2.05, 4.69) is 45.0 Å². The first-order chi connectivity index (χ1) is 14.1. The van der Waals surface area contributed by atoms with Gasteiger partial charge in [-0.15, -0.1) is 24.0 Å². The third-order valence-electron chi connectivity index (χ3n) is 4.97. The Bertz CT molecular complexity index is 856. The van der Waals surface area contributed by atoms with Crippen molar-refractivity contribution in [1.29, 1.82) is 0 Å². The van der Waals surface area contributed by atoms with Crippen molar-refractivity contribution >= 4 is 52.6 Å². The molecular weight excluding hydrogens is 491 g/mol. The minimum atomic E-state index is 0. The van der Waals surface area contributed by atoms with E-state index in [1.54, 1.807) is 0 Å². The van der Waals surface area contributed by atoms with Crippen molar-refractivity contribution in [2.45, 2.75) is 33.2 Å². The van der Waals surface area contributed by atoms with Crippen LogP contribution < -0.4 is 16.0 Å². The first kappa shape index (κ1) is 24.2. The van der Waals surface area contributed by atoms with E-state index in [1.807, 2.05) is 43.0 Å². The molecule has 0 bridgehead atoms. The monoisotopic (exact) mass is 524 g/mol. The third-order valence-corrected chi connectivity index (χ3v) is 4.97. The van der Waals surface area contributed by atoms with Crippen molar-refractivity contribution in [3.8, 4) is 0 Å². The summed E-state index contributed by atoms with van der Waals surface area (Å²) in [5, 5.41) is 11.2. The number of rotatable bonds is 7. The minimum absolute atomic E-state index is 0. The van der Waals surface area contributed by atoms with Gasteiger partial charge >= 0.3 is 0 Å². The Kier molecular flexibility index (Phi) is 9.61. The zero-order valence-electron chi connectivity index (χ0n) is 18.0. The molecule has 2 heterocycles. The quantitative estimate of drug-likeness (QED) is 0.225. The summed E-state index contributed by atoms with van der Waals surface area (Å²) in [5.41, 5.74) is 0.984. The van der Waals surface area contributed by atoms with Gasteiger partial charge in [0.1, 0.15) is 5.82 Å². The van der Waals surface area contributed by atoms with Crippen LogP contribution in [0.1, 0.15) is 27.2 Å². The van der Waals surface area contributed by atoms with Crippen LogP contribution in [-0.4, -0.2) is 60.5 Å². The molecule has 1 unspecified atom stereocenters. The molecule has 1 saturated heterocycles. The Balaban J connectivity index is 0.00000320. The first-order valence-corrected chi connectivity index (χ1v) is 10.5. The number of carbonyl (C=O) groups excluding carboxylic acids is 1. The van der Waals surface area contributed by atoms with E-state index in [1.165, 1.54) is 0 Å². The van der Waals surface area contributed by atoms with E-state index >= 15 is 0 Å². The van der Waals surface area contributed by atoms with Crippen molar-refractivity contribution in [2.24, 2.45) is 10.9 Å². The molecule has 1 aromatic carbocycles. The van der Waals surface area contributed by atoms with E-state index < -0.39 is 0 Å². The Labute approximate surface area is 196 Å². The molecule has 3 N–H and O–H groups in total. The maximum atomic E-state index is 12.2. The van der Waals surface area contributed by atoms with Gasteiger partial charge in [0.15, 0.2) is 5.96 Å². The smallest absolute Gasteiger partial charge is 0.225 e. The predicted octanol–water partition coefficient (Wildman–Crippen LogP) is 3.08. The zero-order valence-corrected chi connectivity index (χ0v) is 20.3. The summed E-state index contributed by atoms with van der Waals surface area (Å²) in [6.07, 6.45) is 0.947. The van der Waals surface area contributed by atoms with Crippen molar-refractivity contribution < 1.29 is 4.79 Å². The molecule has 1 aliphatic heterocycles. The number of nitrogens with one attached hydrogen (secondary N) is 3. The van der Waals surface area contributed by atoms with Crippen LogP contribution in [-0.2, 0) is 4.79 Å². The lowest BCUT2D eigenvalue weighted by Gasteiger charge is -2.20. The average molecular weight is 524 g/mol. The van der Waals surface area contributed by atoms with Crippen LogP contribution in [0.5, 0.6) is 0 Å². The molecule has 1 atom stereocenters. The molecular formula is C22H33IN6O. The van der Waals surface area contributed by atoms with E-state index in [9.17, 15) is 4.79 Å². The second-order valence-corrected chi connectivity index (χ2v) is 7.65. The number of anilines is 1. The average Bonchev–Trinajstić information content (AvgIpc) is 3.19. The molecule has 0 saturated carbocycles. The van der Waals surface area contributed by atoms with Crippen LogP contribution in [0.25, 0.3) is 10.9 Å². The lowest BCUT2D eigenvalue weighted by Crippen LogP contribution is -2.45. The number of hydrogen-bond donors (Lipinski definition) is 3. The molecule has 0 aliphatic carbocycles. The fraction of sp³-hybridized carbons (Fsp3) is 0.500. The fourth-order valence-electron chi connectivity index (χ4n) is 3.47. The number of aliphatic imine (C=N–C) groups is 1. The lowest BCUT2D eigenvalue weighted by atomic mass is 10.2. The number of fused-ring (bicyclic) bond motifs is 1. The van der Waals surface area contributed by atoms with Gasteiger partial charge in [-0.3, -0.25) is 9.79 Å². The number of halogens is 1. The summed E-state index contributed by atoms with van der Waals surface area (Å²) in [5.74, 6) is 1.92. The summed E-state index contributed by atoms with van der Waals surface area (Å²) in [7, 11) is 0. The molecule has 1 aromatic heterocycles. The van der Waals surface area contributed by atoms with Gasteiger partial charge < -0.3 is 20.9 Å². The third kappa shape index (κ3) is 6.72. The van der Waals surface area contributed by atoms with Gasteiger partial charge in [-0.25, -0.2) is 4.98 Å². The topological polar surface area (TPSA) is 81.7 Å². The highest BCUT2D eigenvalue weighted by Gasteiger charge is 2.27. The van der Waals surface area contributed by atoms with Crippen LogP contribution >= 0.6 is 24.0 Å². The summed E-state index contributed by atoms with van der Waals surface area (Å²) >= 11 is 0. The van der Waals surface area contributed by atoms with Gasteiger partial charge in [0.05, 0.1) is 12.1 Å². The highest BCUT2D eigenvalue weighted by atomic mass is 127. The number of amides is 1. The number of pyridine rings is 1. The number of guanidine groups is 1. The van der Waals surface area contributed by atoms with Crippen LogP contribution in [0, 0.1) is 5.92 Å². The standard InChI is InChI=1S/C22H32N6O.HI/c1-4-23-22(26-18-11-14-28(15-18)21(29)16(2)3)25-13-12-24-20-10-9-17-7-5-6-8-19(17)27-20;/h5-10,16,18H,4,11-15H2,1-3H3,(H,24,27)(H2,23,25,26);1H. The maximum Gasteiger partial charge on any atom is 0.225 e. The van der Waals surface area contributed by atoms with E-state index in [0.29, 0.717) is 13.1 Å². The Morgan fingerprint density at radius 1 is 1.27 bits per heavy atom. The molecule has 0 radical (unpaired) electrons. The van der Waals surface area contributed by atoms with Crippen molar-refractivity contribution in [2.75, 3.05) is 38.0 Å². The van der Waals surface area contributed by atoms with Gasteiger partial charge in [0, 0.05) is 43.5 Å². The van der Waals surface area contributed by atoms with Crippen molar-refractivity contribution in [3.05, 3.63) is 36.4 Å². The minimum Gasteiger partial charge on any atom is -0.368 e. The Morgan fingerprint density at radius 2 is 2.07 bits per heavy atom. The number of aromatic nitrogens is 1. The van der Waals surface area contributed by atoms with Gasteiger partial charge in [-0.05, 0) is 31.5 Å². The summed E-state index contributed by atoms with van der Waals surface area (Å²) in [6, 6.07) is 12.4. The van der Waals surface area contributed by atoms with Crippen molar-refractivity contribution in [3.63, 3.8) is 0 Å². The second-order valence-electron chi connectivity index (χ2n) is 7.65. The van der Waals surface area contributed by atoms with Crippen LogP contribution in [0.15, 0.2) is 41.4 Å². The largest absolute Gasteiger partial charge is 0.368 e. The molecule has 1 amide bonds. The Hall–Kier alpha value is -2.10. The molecule has 164 valence electrons. The normalized spacial score (nSPS) is 16.5. The molecule has 2 aromatic rings. The van der Waals surface area contributed by atoms with Gasteiger partial charge in [-0.1, -0.05) is 32.0 Å². The molecule has 3 rings (SSSR count). The summed E-state index contributed by atoms with van der Waals surface area (Å²) in [6.45, 7) is 9.63. The number of likely N-dealkylation sites (tertiary alicyclic amines) is 1. The lowest BCUT2D eigenvalue weighted by molar-refractivity contribution is -0.133. The SMILES string of the molecule is CCNC(=NCCNc1ccc2ccccc2n1)NC1CCN(C(=O)C(C)C)C1.I. The fourth-order valence-corrected chi connectivity index (χ4v) is 3.47. The highest BCUT2D eigenvalue weighted by molar-refractivity contribution is 14.0. The number of benzene rings is 1. The summed E-state index contributed by atoms with van der Waals surface area (Å²) in [4.78, 5) is 23.4. The molecule has 1 fully saturated rings. The van der Waals surface area contributed by atoms with Crippen molar-refractivity contribution in [1.82, 2.24) is 20.5 Å².